The summed E-state index contributed by atoms with van der Waals surface area (Å²) in [6, 6.07) is 12.7. The predicted molar refractivity (Wildman–Crippen MR) is 72.3 cm³/mol. The number of fused-ring (bicyclic) bond motifs is 1. The molecule has 94 valence electrons. The summed E-state index contributed by atoms with van der Waals surface area (Å²) < 4.78 is 10.3. The quantitative estimate of drug-likeness (QED) is 0.704. The third kappa shape index (κ3) is 2.08. The van der Waals surface area contributed by atoms with Crippen LogP contribution in [-0.4, -0.2) is 12.1 Å². The lowest BCUT2D eigenvalue weighted by atomic mass is 10.1. The summed E-state index contributed by atoms with van der Waals surface area (Å²) in [6.45, 7) is 0. The number of hydrogen-bond acceptors (Lipinski definition) is 4. The molecule has 4 nitrogen and oxygen atoms in total. The molecule has 19 heavy (non-hydrogen) atoms. The van der Waals surface area contributed by atoms with Crippen LogP contribution in [0, 0.1) is 0 Å². The van der Waals surface area contributed by atoms with Crippen molar-refractivity contribution in [2.75, 3.05) is 7.11 Å². The molecule has 1 aromatic carbocycles. The molecule has 0 bridgehead atoms. The number of methoxy groups -OCH3 is 1. The zero-order valence-electron chi connectivity index (χ0n) is 10.3. The number of rotatable bonds is 2. The molecule has 0 radical (unpaired) electrons. The molecule has 0 fully saturated rings. The number of ether oxygens (including phenoxy) is 1. The molecule has 2 aromatic heterocycles. The molecule has 2 heterocycles. The molecule has 0 aliphatic carbocycles. The van der Waals surface area contributed by atoms with Gasteiger partial charge in [-0.25, -0.2) is 9.78 Å². The lowest BCUT2D eigenvalue weighted by Gasteiger charge is -2.03. The van der Waals surface area contributed by atoms with Crippen LogP contribution in [0.1, 0.15) is 0 Å². The maximum Gasteiger partial charge on any atom is 0.345 e. The van der Waals surface area contributed by atoms with Crippen LogP contribution in [0.5, 0.6) is 5.75 Å². The number of hydrogen-bond donors (Lipinski definition) is 0. The van der Waals surface area contributed by atoms with E-state index in [0.29, 0.717) is 11.3 Å². The van der Waals surface area contributed by atoms with Crippen molar-refractivity contribution in [3.05, 3.63) is 59.1 Å². The average Bonchev–Trinajstić information content (AvgIpc) is 2.47. The normalized spacial score (nSPS) is 10.6. The van der Waals surface area contributed by atoms with Gasteiger partial charge in [0, 0.05) is 11.6 Å². The Morgan fingerprint density at radius 1 is 1.16 bits per heavy atom. The van der Waals surface area contributed by atoms with Crippen molar-refractivity contribution in [1.82, 2.24) is 4.98 Å². The molecule has 0 aliphatic heterocycles. The van der Waals surface area contributed by atoms with Gasteiger partial charge in [0.2, 0.25) is 5.71 Å². The van der Waals surface area contributed by atoms with Crippen LogP contribution < -0.4 is 10.4 Å². The van der Waals surface area contributed by atoms with E-state index in [1.807, 2.05) is 30.3 Å². The van der Waals surface area contributed by atoms with Crippen LogP contribution in [-0.2, 0) is 0 Å². The van der Waals surface area contributed by atoms with Crippen LogP contribution in [0.2, 0.25) is 0 Å². The van der Waals surface area contributed by atoms with E-state index in [-0.39, 0.29) is 0 Å². The van der Waals surface area contributed by atoms with Crippen molar-refractivity contribution in [2.24, 2.45) is 0 Å². The molecule has 0 aliphatic rings. The molecular formula is C15H11NO3. The van der Waals surface area contributed by atoms with Gasteiger partial charge in [-0.1, -0.05) is 12.1 Å². The zero-order valence-corrected chi connectivity index (χ0v) is 10.3. The Hall–Kier alpha value is -2.62. The number of pyridine rings is 1. The maximum atomic E-state index is 12.0. The van der Waals surface area contributed by atoms with Crippen molar-refractivity contribution < 1.29 is 9.15 Å². The van der Waals surface area contributed by atoms with E-state index in [4.69, 9.17) is 9.15 Å². The van der Waals surface area contributed by atoms with Gasteiger partial charge >= 0.3 is 5.63 Å². The number of aromatic nitrogens is 1. The number of nitrogens with zero attached hydrogens (tertiary/aromatic N) is 1. The van der Waals surface area contributed by atoms with E-state index < -0.39 is 5.63 Å². The highest BCUT2D eigenvalue weighted by Crippen LogP contribution is 2.22. The second kappa shape index (κ2) is 4.57. The fraction of sp³-hybridized carbons (Fsp3) is 0.0667. The Kier molecular flexibility index (Phi) is 2.76. The summed E-state index contributed by atoms with van der Waals surface area (Å²) in [5.41, 5.74) is 1.27. The van der Waals surface area contributed by atoms with Gasteiger partial charge in [0.25, 0.3) is 0 Å². The fourth-order valence-electron chi connectivity index (χ4n) is 1.93. The molecule has 0 atom stereocenters. The van der Waals surface area contributed by atoms with E-state index in [2.05, 4.69) is 4.98 Å². The van der Waals surface area contributed by atoms with Gasteiger partial charge in [0.05, 0.1) is 12.7 Å². The maximum absolute atomic E-state index is 12.0. The second-order valence-corrected chi connectivity index (χ2v) is 4.07. The van der Waals surface area contributed by atoms with Crippen LogP contribution in [0.25, 0.3) is 22.2 Å². The first-order valence-corrected chi connectivity index (χ1v) is 5.81. The monoisotopic (exact) mass is 253 g/mol. The van der Waals surface area contributed by atoms with Crippen molar-refractivity contribution in [2.45, 2.75) is 0 Å². The summed E-state index contributed by atoms with van der Waals surface area (Å²) in [5.74, 6) is 0.746. The van der Waals surface area contributed by atoms with E-state index in [9.17, 15) is 4.79 Å². The Morgan fingerprint density at radius 2 is 1.95 bits per heavy atom. The largest absolute Gasteiger partial charge is 0.497 e. The van der Waals surface area contributed by atoms with Gasteiger partial charge in [-0.2, -0.15) is 0 Å². The van der Waals surface area contributed by atoms with E-state index in [1.54, 1.807) is 25.4 Å². The molecule has 4 heteroatoms. The molecule has 3 rings (SSSR count). The van der Waals surface area contributed by atoms with Gasteiger partial charge in [-0.15, -0.1) is 0 Å². The van der Waals surface area contributed by atoms with Crippen LogP contribution in [0.15, 0.2) is 57.9 Å². The summed E-state index contributed by atoms with van der Waals surface area (Å²) in [5, 5.41) is 0.799. The first kappa shape index (κ1) is 11.5. The van der Waals surface area contributed by atoms with E-state index in [0.717, 1.165) is 16.7 Å². The molecule has 0 unspecified atom stereocenters. The summed E-state index contributed by atoms with van der Waals surface area (Å²) >= 11 is 0. The minimum atomic E-state index is -0.392. The first-order valence-electron chi connectivity index (χ1n) is 5.81. The molecule has 0 amide bonds. The van der Waals surface area contributed by atoms with E-state index in [1.165, 1.54) is 0 Å². The lowest BCUT2D eigenvalue weighted by Crippen LogP contribution is -2.03. The Labute approximate surface area is 109 Å². The van der Waals surface area contributed by atoms with Crippen molar-refractivity contribution >= 4 is 11.1 Å². The standard InChI is InChI=1S/C15H11NO3/c1-18-12-6-4-10(5-7-12)13-9-11-3-2-8-16-14(11)19-15(13)17/h2-9H,1H3. The van der Waals surface area contributed by atoms with Gasteiger partial charge in [0.15, 0.2) is 0 Å². The second-order valence-electron chi connectivity index (χ2n) is 4.07. The summed E-state index contributed by atoms with van der Waals surface area (Å²) in [7, 11) is 1.60. The van der Waals surface area contributed by atoms with Crippen LogP contribution in [0.4, 0.5) is 0 Å². The highest BCUT2D eigenvalue weighted by Gasteiger charge is 2.08. The van der Waals surface area contributed by atoms with Crippen molar-refractivity contribution in [3.8, 4) is 16.9 Å². The molecule has 0 saturated heterocycles. The Balaban J connectivity index is 2.18. The van der Waals surface area contributed by atoms with E-state index >= 15 is 0 Å². The van der Waals surface area contributed by atoms with Crippen molar-refractivity contribution in [1.29, 1.82) is 0 Å². The highest BCUT2D eigenvalue weighted by molar-refractivity contribution is 5.78. The predicted octanol–water partition coefficient (Wildman–Crippen LogP) is 2.86. The fourth-order valence-corrected chi connectivity index (χ4v) is 1.93. The van der Waals surface area contributed by atoms with Crippen LogP contribution in [0.3, 0.4) is 0 Å². The van der Waals surface area contributed by atoms with Gasteiger partial charge in [-0.05, 0) is 35.9 Å². The van der Waals surface area contributed by atoms with Crippen molar-refractivity contribution in [3.63, 3.8) is 0 Å². The molecule has 3 aromatic rings. The Bertz CT molecular complexity index is 775. The number of benzene rings is 1. The Morgan fingerprint density at radius 3 is 2.68 bits per heavy atom. The third-order valence-corrected chi connectivity index (χ3v) is 2.91. The minimum Gasteiger partial charge on any atom is -0.497 e. The third-order valence-electron chi connectivity index (χ3n) is 2.91. The molecule has 0 saturated carbocycles. The molecular weight excluding hydrogens is 242 g/mol. The minimum absolute atomic E-state index is 0.352. The smallest absolute Gasteiger partial charge is 0.345 e. The zero-order chi connectivity index (χ0) is 13.2. The van der Waals surface area contributed by atoms with Gasteiger partial charge < -0.3 is 9.15 Å². The first-order chi connectivity index (χ1) is 9.28. The molecule has 0 spiro atoms. The molecule has 0 N–H and O–H groups in total. The van der Waals surface area contributed by atoms with Gasteiger partial charge in [0.1, 0.15) is 5.75 Å². The van der Waals surface area contributed by atoms with Gasteiger partial charge in [-0.3, -0.25) is 0 Å². The summed E-state index contributed by atoms with van der Waals surface area (Å²) in [6.07, 6.45) is 1.60. The van der Waals surface area contributed by atoms with Crippen LogP contribution >= 0.6 is 0 Å². The average molecular weight is 253 g/mol. The topological polar surface area (TPSA) is 52.3 Å². The highest BCUT2D eigenvalue weighted by atomic mass is 16.5. The lowest BCUT2D eigenvalue weighted by molar-refractivity contribution is 0.415. The SMILES string of the molecule is COc1ccc(-c2cc3cccnc3oc2=O)cc1. The summed E-state index contributed by atoms with van der Waals surface area (Å²) in [4.78, 5) is 16.0.